The minimum Gasteiger partial charge on any atom is -0.475 e. The third-order valence-corrected chi connectivity index (χ3v) is 5.18. The molecule has 158 valence electrons. The van der Waals surface area contributed by atoms with Gasteiger partial charge in [0.1, 0.15) is 0 Å². The topological polar surface area (TPSA) is 79.3 Å². The highest BCUT2D eigenvalue weighted by Gasteiger charge is 2.45. The number of rotatable bonds is 5. The Morgan fingerprint density at radius 3 is 2.15 bits per heavy atom. The number of carbonyl (C=O) groups is 2. The van der Waals surface area contributed by atoms with E-state index >= 15 is 0 Å². The minimum atomic E-state index is -5.08. The van der Waals surface area contributed by atoms with Crippen LogP contribution in [0.3, 0.4) is 0 Å². The van der Waals surface area contributed by atoms with E-state index in [9.17, 15) is 18.0 Å². The van der Waals surface area contributed by atoms with Crippen molar-refractivity contribution < 1.29 is 37.3 Å². The molecule has 1 N–H and O–H groups in total. The van der Waals surface area contributed by atoms with Crippen LogP contribution < -0.4 is 0 Å². The summed E-state index contributed by atoms with van der Waals surface area (Å²) >= 11 is 0. The van der Waals surface area contributed by atoms with Gasteiger partial charge in [0.25, 0.3) is 0 Å². The number of alkyl halides is 3. The predicted molar refractivity (Wildman–Crippen MR) is 91.3 cm³/mol. The lowest BCUT2D eigenvalue weighted by atomic mass is 9.76. The van der Waals surface area contributed by atoms with Crippen LogP contribution in [0.1, 0.15) is 26.2 Å². The highest BCUT2D eigenvalue weighted by atomic mass is 19.4. The van der Waals surface area contributed by atoms with Crippen molar-refractivity contribution in [2.24, 2.45) is 5.41 Å². The maximum atomic E-state index is 11.5. The zero-order valence-corrected chi connectivity index (χ0v) is 16.0. The Morgan fingerprint density at radius 2 is 1.74 bits per heavy atom. The molecule has 1 spiro atoms. The highest BCUT2D eigenvalue weighted by Crippen LogP contribution is 2.43. The van der Waals surface area contributed by atoms with E-state index in [0.717, 1.165) is 52.2 Å². The van der Waals surface area contributed by atoms with E-state index < -0.39 is 12.1 Å². The van der Waals surface area contributed by atoms with Gasteiger partial charge in [-0.1, -0.05) is 0 Å². The summed E-state index contributed by atoms with van der Waals surface area (Å²) in [5.74, 6) is -2.55. The molecule has 0 aliphatic carbocycles. The molecule has 0 saturated carbocycles. The molecule has 1 amide bonds. The van der Waals surface area contributed by atoms with Crippen molar-refractivity contribution in [1.82, 2.24) is 9.80 Å². The second-order valence-corrected chi connectivity index (χ2v) is 7.09. The third kappa shape index (κ3) is 7.27. The van der Waals surface area contributed by atoms with Gasteiger partial charge in [0.15, 0.2) is 0 Å². The molecule has 7 nitrogen and oxygen atoms in total. The van der Waals surface area contributed by atoms with Crippen molar-refractivity contribution in [3.05, 3.63) is 0 Å². The fraction of sp³-hybridized carbons (Fsp3) is 0.882. The number of carboxylic acid groups (broad SMARTS) is 1. The number of likely N-dealkylation sites (tertiary alicyclic amines) is 2. The lowest BCUT2D eigenvalue weighted by Gasteiger charge is -2.39. The summed E-state index contributed by atoms with van der Waals surface area (Å²) < 4.78 is 42.3. The van der Waals surface area contributed by atoms with Gasteiger partial charge in [-0.25, -0.2) is 4.79 Å². The SMILES string of the molecule is COCCN1CC2(CCN(C(C)=O)CC2)CC1COC.O=C(O)C(F)(F)F. The van der Waals surface area contributed by atoms with Crippen molar-refractivity contribution in [1.29, 1.82) is 0 Å². The number of methoxy groups -OCH3 is 2. The van der Waals surface area contributed by atoms with Gasteiger partial charge in [0.2, 0.25) is 5.91 Å². The number of hydrogen-bond donors (Lipinski definition) is 1. The first kappa shape index (κ1) is 23.6. The molecule has 27 heavy (non-hydrogen) atoms. The number of carboxylic acids is 1. The van der Waals surface area contributed by atoms with Crippen LogP contribution in [0.5, 0.6) is 0 Å². The fourth-order valence-corrected chi connectivity index (χ4v) is 3.74. The average Bonchev–Trinajstić information content (AvgIpc) is 2.90. The lowest BCUT2D eigenvalue weighted by molar-refractivity contribution is -0.192. The normalized spacial score (nSPS) is 22.4. The quantitative estimate of drug-likeness (QED) is 0.758. The summed E-state index contributed by atoms with van der Waals surface area (Å²) in [6, 6.07) is 0.499. The average molecular weight is 398 g/mol. The van der Waals surface area contributed by atoms with Crippen molar-refractivity contribution in [3.8, 4) is 0 Å². The molecular weight excluding hydrogens is 369 g/mol. The van der Waals surface area contributed by atoms with Crippen molar-refractivity contribution in [3.63, 3.8) is 0 Å². The van der Waals surface area contributed by atoms with Crippen molar-refractivity contribution in [2.45, 2.75) is 38.4 Å². The van der Waals surface area contributed by atoms with Gasteiger partial charge in [-0.2, -0.15) is 13.2 Å². The first-order valence-electron chi connectivity index (χ1n) is 8.82. The van der Waals surface area contributed by atoms with Crippen LogP contribution in [0.2, 0.25) is 0 Å². The number of nitrogens with zero attached hydrogens (tertiary/aromatic N) is 2. The van der Waals surface area contributed by atoms with E-state index in [1.165, 1.54) is 6.42 Å². The summed E-state index contributed by atoms with van der Waals surface area (Å²) in [7, 11) is 3.53. The molecule has 2 fully saturated rings. The van der Waals surface area contributed by atoms with E-state index in [1.807, 2.05) is 4.90 Å². The summed E-state index contributed by atoms with van der Waals surface area (Å²) in [5, 5.41) is 7.12. The van der Waals surface area contributed by atoms with Gasteiger partial charge in [-0.05, 0) is 24.7 Å². The summed E-state index contributed by atoms with van der Waals surface area (Å²) in [5.41, 5.74) is 0.378. The first-order chi connectivity index (χ1) is 12.5. The molecule has 0 radical (unpaired) electrons. The molecule has 1 atom stereocenters. The van der Waals surface area contributed by atoms with Gasteiger partial charge in [0.05, 0.1) is 13.2 Å². The Bertz CT molecular complexity index is 493. The second-order valence-electron chi connectivity index (χ2n) is 7.09. The molecule has 0 aromatic rings. The second kappa shape index (κ2) is 10.2. The maximum absolute atomic E-state index is 11.5. The van der Waals surface area contributed by atoms with Gasteiger partial charge >= 0.3 is 12.1 Å². The van der Waals surface area contributed by atoms with Crippen LogP contribution in [0.4, 0.5) is 13.2 Å². The van der Waals surface area contributed by atoms with Crippen LogP contribution in [-0.4, -0.2) is 92.6 Å². The highest BCUT2D eigenvalue weighted by molar-refractivity contribution is 5.73. The van der Waals surface area contributed by atoms with Crippen LogP contribution in [0.25, 0.3) is 0 Å². The third-order valence-electron chi connectivity index (χ3n) is 5.18. The number of aliphatic carboxylic acids is 1. The Morgan fingerprint density at radius 1 is 1.19 bits per heavy atom. The smallest absolute Gasteiger partial charge is 0.475 e. The summed E-state index contributed by atoms with van der Waals surface area (Å²) in [4.78, 5) is 24.8. The molecule has 1 unspecified atom stereocenters. The number of piperidine rings is 1. The van der Waals surface area contributed by atoms with Gasteiger partial charge in [-0.15, -0.1) is 0 Å². The molecule has 2 heterocycles. The van der Waals surface area contributed by atoms with E-state index in [0.29, 0.717) is 11.5 Å². The Kier molecular flexibility index (Phi) is 8.97. The number of hydrogen-bond acceptors (Lipinski definition) is 5. The van der Waals surface area contributed by atoms with Crippen molar-refractivity contribution >= 4 is 11.9 Å². The molecule has 2 aliphatic rings. The van der Waals surface area contributed by atoms with E-state index in [-0.39, 0.29) is 5.91 Å². The monoisotopic (exact) mass is 398 g/mol. The molecule has 2 rings (SSSR count). The maximum Gasteiger partial charge on any atom is 0.490 e. The Hall–Kier alpha value is -1.39. The van der Waals surface area contributed by atoms with Crippen LogP contribution in [0, 0.1) is 5.41 Å². The van der Waals surface area contributed by atoms with E-state index in [2.05, 4.69) is 4.90 Å². The molecule has 2 saturated heterocycles. The van der Waals surface area contributed by atoms with Crippen LogP contribution in [0.15, 0.2) is 0 Å². The molecule has 10 heteroatoms. The van der Waals surface area contributed by atoms with Crippen molar-refractivity contribution in [2.75, 3.05) is 53.6 Å². The van der Waals surface area contributed by atoms with Crippen LogP contribution in [-0.2, 0) is 19.1 Å². The largest absolute Gasteiger partial charge is 0.490 e. The minimum absolute atomic E-state index is 0.211. The van der Waals surface area contributed by atoms with Gasteiger partial charge in [0, 0.05) is 53.4 Å². The van der Waals surface area contributed by atoms with Gasteiger partial charge in [-0.3, -0.25) is 9.69 Å². The number of amides is 1. The van der Waals surface area contributed by atoms with E-state index in [4.69, 9.17) is 19.4 Å². The van der Waals surface area contributed by atoms with Gasteiger partial charge < -0.3 is 19.5 Å². The zero-order valence-electron chi connectivity index (χ0n) is 16.0. The molecule has 0 aromatic carbocycles. The first-order valence-corrected chi connectivity index (χ1v) is 8.82. The number of carbonyl (C=O) groups excluding carboxylic acids is 1. The zero-order chi connectivity index (χ0) is 20.7. The van der Waals surface area contributed by atoms with E-state index in [1.54, 1.807) is 21.1 Å². The lowest BCUT2D eigenvalue weighted by Crippen LogP contribution is -2.43. The summed E-state index contributed by atoms with van der Waals surface area (Å²) in [6.07, 6.45) is -1.65. The number of halogens is 3. The molecule has 2 aliphatic heterocycles. The fourth-order valence-electron chi connectivity index (χ4n) is 3.74. The molecule has 0 aromatic heterocycles. The Labute approximate surface area is 157 Å². The summed E-state index contributed by atoms with van der Waals surface area (Å²) in [6.45, 7) is 7.15. The molecule has 0 bridgehead atoms. The standard InChI is InChI=1S/C15H28N2O3.C2HF3O2/c1-13(18)16-6-4-15(5-7-16)10-14(11-20-3)17(12-15)8-9-19-2;3-2(4,5)1(6)7/h14H,4-12H2,1-3H3;(H,6,7). The van der Waals surface area contributed by atoms with Crippen LogP contribution >= 0.6 is 0 Å². The Balaban J connectivity index is 0.000000445. The molecular formula is C17H29F3N2O5. The number of ether oxygens (including phenoxy) is 2. The predicted octanol–water partition coefficient (Wildman–Crippen LogP) is 1.62.